The van der Waals surface area contributed by atoms with Crippen molar-refractivity contribution in [3.63, 3.8) is 0 Å². The molecule has 6 heteroatoms. The summed E-state index contributed by atoms with van der Waals surface area (Å²) in [6, 6.07) is 0. The van der Waals surface area contributed by atoms with Crippen LogP contribution in [0.3, 0.4) is 0 Å². The molecule has 3 nitrogen and oxygen atoms in total. The lowest BCUT2D eigenvalue weighted by Gasteiger charge is -2.29. The Balaban J connectivity index is 3.04. The largest absolute Gasteiger partial charge is 0.483 e. The van der Waals surface area contributed by atoms with Gasteiger partial charge in [0.05, 0.1) is 18.2 Å². The van der Waals surface area contributed by atoms with Crippen LogP contribution in [0.4, 0.5) is 0 Å². The second kappa shape index (κ2) is 7.96. The highest BCUT2D eigenvalue weighted by atomic mass is 32.2. The van der Waals surface area contributed by atoms with Crippen LogP contribution in [-0.2, 0) is 9.47 Å². The van der Waals surface area contributed by atoms with Gasteiger partial charge < -0.3 is 14.4 Å². The van der Waals surface area contributed by atoms with Crippen LogP contribution in [0.25, 0.3) is 0 Å². The zero-order valence-electron chi connectivity index (χ0n) is 11.0. The Labute approximate surface area is 124 Å². The lowest BCUT2D eigenvalue weighted by molar-refractivity contribution is 0.322. The molecule has 0 saturated carbocycles. The number of ether oxygens (including phenoxy) is 2. The van der Waals surface area contributed by atoms with Crippen LogP contribution in [-0.4, -0.2) is 47.6 Å². The Morgan fingerprint density at radius 2 is 1.78 bits per heavy atom. The number of hydrogen-bond donors (Lipinski definition) is 0. The van der Waals surface area contributed by atoms with Gasteiger partial charge in [0.15, 0.2) is 10.1 Å². The highest BCUT2D eigenvalue weighted by Gasteiger charge is 2.24. The van der Waals surface area contributed by atoms with Crippen LogP contribution in [0.1, 0.15) is 20.3 Å². The molecule has 1 aliphatic heterocycles. The monoisotopic (exact) mass is 305 g/mol. The first-order valence-corrected chi connectivity index (χ1v) is 7.84. The van der Waals surface area contributed by atoms with Crippen molar-refractivity contribution < 1.29 is 9.47 Å². The van der Waals surface area contributed by atoms with E-state index in [2.05, 4.69) is 4.90 Å². The molecule has 18 heavy (non-hydrogen) atoms. The lowest BCUT2D eigenvalue weighted by Crippen LogP contribution is -2.28. The van der Waals surface area contributed by atoms with Crippen LogP contribution in [0.2, 0.25) is 0 Å². The van der Waals surface area contributed by atoms with E-state index in [0.29, 0.717) is 23.3 Å². The van der Waals surface area contributed by atoms with Crippen molar-refractivity contribution in [2.45, 2.75) is 20.3 Å². The maximum Gasteiger partial charge on any atom is 0.198 e. The number of thioether (sulfide) groups is 1. The smallest absolute Gasteiger partial charge is 0.198 e. The van der Waals surface area contributed by atoms with Crippen LogP contribution >= 0.6 is 36.2 Å². The zero-order chi connectivity index (χ0) is 13.5. The minimum Gasteiger partial charge on any atom is -0.483 e. The molecule has 0 aromatic heterocycles. The van der Waals surface area contributed by atoms with E-state index in [-0.39, 0.29) is 0 Å². The second-order valence-electron chi connectivity index (χ2n) is 3.74. The first-order valence-electron chi connectivity index (χ1n) is 6.04. The third kappa shape index (κ3) is 4.10. The molecule has 0 bridgehead atoms. The Bertz CT molecular complexity index is 335. The quantitative estimate of drug-likeness (QED) is 0.584. The molecule has 1 rings (SSSR count). The average Bonchev–Trinajstić information content (AvgIpc) is 2.33. The fraction of sp³-hybridized carbons (Fsp3) is 0.667. The standard InChI is InChI=1S/C12H19NO2S3/c1-4-14-11(16)9(12(17)15-5-2)10-13(3)7-6-8-18-10/h4-8H2,1-3H3. The molecule has 0 aromatic carbocycles. The maximum absolute atomic E-state index is 5.44. The fourth-order valence-corrected chi connectivity index (χ4v) is 3.53. The van der Waals surface area contributed by atoms with Crippen molar-refractivity contribution in [2.75, 3.05) is 32.6 Å². The van der Waals surface area contributed by atoms with Gasteiger partial charge in [-0.3, -0.25) is 0 Å². The molecule has 0 atom stereocenters. The molecular formula is C12H19NO2S3. The summed E-state index contributed by atoms with van der Waals surface area (Å²) in [5.74, 6) is 1.08. The molecule has 1 fully saturated rings. The van der Waals surface area contributed by atoms with Crippen LogP contribution in [0, 0.1) is 0 Å². The first-order chi connectivity index (χ1) is 8.61. The highest BCUT2D eigenvalue weighted by molar-refractivity contribution is 8.03. The van der Waals surface area contributed by atoms with E-state index in [1.807, 2.05) is 20.9 Å². The number of hydrogen-bond acceptors (Lipinski definition) is 6. The number of nitrogens with zero attached hydrogens (tertiary/aromatic N) is 1. The van der Waals surface area contributed by atoms with Crippen LogP contribution < -0.4 is 0 Å². The van der Waals surface area contributed by atoms with Crippen molar-refractivity contribution in [1.82, 2.24) is 4.90 Å². The van der Waals surface area contributed by atoms with Gasteiger partial charge in [-0.25, -0.2) is 0 Å². The summed E-state index contributed by atoms with van der Waals surface area (Å²) in [4.78, 5) is 2.17. The molecule has 102 valence electrons. The van der Waals surface area contributed by atoms with Crippen molar-refractivity contribution in [3.8, 4) is 0 Å². The normalized spacial score (nSPS) is 15.3. The van der Waals surface area contributed by atoms with Crippen molar-refractivity contribution in [2.24, 2.45) is 0 Å². The molecule has 0 aliphatic carbocycles. The van der Waals surface area contributed by atoms with Crippen molar-refractivity contribution in [1.29, 1.82) is 0 Å². The van der Waals surface area contributed by atoms with E-state index >= 15 is 0 Å². The minimum atomic E-state index is 0.437. The highest BCUT2D eigenvalue weighted by Crippen LogP contribution is 2.30. The van der Waals surface area contributed by atoms with Gasteiger partial charge in [0, 0.05) is 19.3 Å². The lowest BCUT2D eigenvalue weighted by atomic mass is 10.3. The topological polar surface area (TPSA) is 21.7 Å². The predicted molar refractivity (Wildman–Crippen MR) is 85.2 cm³/mol. The predicted octanol–water partition coefficient (Wildman–Crippen LogP) is 2.99. The summed E-state index contributed by atoms with van der Waals surface area (Å²) in [7, 11) is 2.05. The van der Waals surface area contributed by atoms with E-state index < -0.39 is 0 Å². The zero-order valence-corrected chi connectivity index (χ0v) is 13.5. The summed E-state index contributed by atoms with van der Waals surface area (Å²) >= 11 is 12.4. The number of thiocarbonyl (C=S) groups is 2. The van der Waals surface area contributed by atoms with E-state index in [4.69, 9.17) is 33.9 Å². The van der Waals surface area contributed by atoms with Gasteiger partial charge in [-0.05, 0) is 44.7 Å². The maximum atomic E-state index is 5.44. The Kier molecular flexibility index (Phi) is 6.96. The SMILES string of the molecule is CCOC(=S)C(C(=S)OCC)=C1SCCCN1C. The van der Waals surface area contributed by atoms with Gasteiger partial charge in [-0.2, -0.15) is 0 Å². The average molecular weight is 305 g/mol. The molecule has 0 radical (unpaired) electrons. The summed E-state index contributed by atoms with van der Waals surface area (Å²) in [5, 5.41) is 1.94. The molecule has 0 unspecified atom stereocenters. The van der Waals surface area contributed by atoms with Gasteiger partial charge >= 0.3 is 0 Å². The van der Waals surface area contributed by atoms with Gasteiger partial charge in [-0.15, -0.1) is 11.8 Å². The molecule has 1 heterocycles. The van der Waals surface area contributed by atoms with Crippen LogP contribution in [0.5, 0.6) is 0 Å². The summed E-state index contributed by atoms with van der Waals surface area (Å²) < 4.78 is 10.9. The summed E-state index contributed by atoms with van der Waals surface area (Å²) in [6.45, 7) is 5.92. The summed E-state index contributed by atoms with van der Waals surface area (Å²) in [6.07, 6.45) is 1.17. The molecule has 1 aliphatic rings. The van der Waals surface area contributed by atoms with Gasteiger partial charge in [0.1, 0.15) is 5.57 Å². The Morgan fingerprint density at radius 1 is 1.22 bits per heavy atom. The minimum absolute atomic E-state index is 0.437. The van der Waals surface area contributed by atoms with Gasteiger partial charge in [0.25, 0.3) is 0 Å². The molecule has 0 amide bonds. The van der Waals surface area contributed by atoms with Gasteiger partial charge in [0.2, 0.25) is 0 Å². The Morgan fingerprint density at radius 3 is 2.22 bits per heavy atom. The Hall–Kier alpha value is -0.330. The second-order valence-corrected chi connectivity index (χ2v) is 5.57. The van der Waals surface area contributed by atoms with E-state index in [1.54, 1.807) is 11.8 Å². The van der Waals surface area contributed by atoms with E-state index in [9.17, 15) is 0 Å². The molecule has 0 N–H and O–H groups in total. The fourth-order valence-electron chi connectivity index (χ4n) is 1.61. The third-order valence-electron chi connectivity index (χ3n) is 2.40. The molecule has 0 aromatic rings. The van der Waals surface area contributed by atoms with Crippen LogP contribution in [0.15, 0.2) is 10.6 Å². The number of rotatable bonds is 4. The molecule has 1 saturated heterocycles. The van der Waals surface area contributed by atoms with E-state index in [1.165, 1.54) is 6.42 Å². The van der Waals surface area contributed by atoms with Gasteiger partial charge in [-0.1, -0.05) is 0 Å². The first kappa shape index (κ1) is 15.7. The van der Waals surface area contributed by atoms with E-state index in [0.717, 1.165) is 22.9 Å². The van der Waals surface area contributed by atoms with Crippen molar-refractivity contribution in [3.05, 3.63) is 10.6 Å². The molecular weight excluding hydrogens is 286 g/mol. The van der Waals surface area contributed by atoms with Crippen molar-refractivity contribution >= 4 is 46.3 Å². The third-order valence-corrected chi connectivity index (χ3v) is 4.32. The molecule has 0 spiro atoms. The summed E-state index contributed by atoms with van der Waals surface area (Å²) in [5.41, 5.74) is 0.760.